The molecule has 5 nitrogen and oxygen atoms in total. The fourth-order valence-electron chi connectivity index (χ4n) is 5.70. The maximum absolute atomic E-state index is 13.4. The zero-order valence-electron chi connectivity index (χ0n) is 21.0. The van der Waals surface area contributed by atoms with Gasteiger partial charge in [0.2, 0.25) is 0 Å². The summed E-state index contributed by atoms with van der Waals surface area (Å²) in [5, 5.41) is 12.5. The SMILES string of the molecule is Cc1sc2ccn(Cc3ccc(-c4ccccc4)cc3)c2c1C(=O)N[C@H]1C[C@@](C)(C[C@H](C)C(=O)O)C1. The summed E-state index contributed by atoms with van der Waals surface area (Å²) >= 11 is 1.66. The van der Waals surface area contributed by atoms with E-state index >= 15 is 0 Å². The molecule has 1 aliphatic carbocycles. The number of aliphatic carboxylic acids is 1. The predicted octanol–water partition coefficient (Wildman–Crippen LogP) is 6.74. The molecular weight excluding hydrogens is 468 g/mol. The van der Waals surface area contributed by atoms with Crippen molar-refractivity contribution in [3.05, 3.63) is 82.9 Å². The van der Waals surface area contributed by atoms with Crippen LogP contribution in [0.3, 0.4) is 0 Å². The Balaban J connectivity index is 1.30. The highest BCUT2D eigenvalue weighted by molar-refractivity contribution is 7.19. The van der Waals surface area contributed by atoms with Crippen molar-refractivity contribution in [3.8, 4) is 11.1 Å². The number of carboxylic acids is 1. The van der Waals surface area contributed by atoms with Crippen LogP contribution in [-0.2, 0) is 11.3 Å². The molecule has 2 aromatic heterocycles. The second kappa shape index (κ2) is 9.58. The maximum atomic E-state index is 13.4. The van der Waals surface area contributed by atoms with Gasteiger partial charge < -0.3 is 15.0 Å². The van der Waals surface area contributed by atoms with Crippen LogP contribution < -0.4 is 5.32 Å². The van der Waals surface area contributed by atoms with E-state index in [2.05, 4.69) is 65.5 Å². The van der Waals surface area contributed by atoms with Crippen molar-refractivity contribution < 1.29 is 14.7 Å². The molecule has 1 amide bonds. The number of benzene rings is 2. The molecular formula is C30H32N2O3S. The zero-order chi connectivity index (χ0) is 25.4. The molecule has 1 fully saturated rings. The van der Waals surface area contributed by atoms with Gasteiger partial charge in [-0.3, -0.25) is 9.59 Å². The van der Waals surface area contributed by atoms with E-state index in [1.165, 1.54) is 16.7 Å². The molecule has 0 saturated heterocycles. The molecule has 6 heteroatoms. The molecule has 0 aliphatic heterocycles. The number of hydrogen-bond acceptors (Lipinski definition) is 3. The quantitative estimate of drug-likeness (QED) is 0.282. The number of hydrogen-bond donors (Lipinski definition) is 2. The maximum Gasteiger partial charge on any atom is 0.306 e. The Morgan fingerprint density at radius 2 is 1.75 bits per heavy atom. The van der Waals surface area contributed by atoms with Gasteiger partial charge in [-0.15, -0.1) is 11.3 Å². The van der Waals surface area contributed by atoms with Gasteiger partial charge in [-0.25, -0.2) is 0 Å². The summed E-state index contributed by atoms with van der Waals surface area (Å²) in [5.41, 5.74) is 5.29. The van der Waals surface area contributed by atoms with Gasteiger partial charge in [0, 0.05) is 23.7 Å². The largest absolute Gasteiger partial charge is 0.481 e. The normalized spacial score (nSPS) is 20.1. The van der Waals surface area contributed by atoms with E-state index in [1.807, 2.05) is 25.1 Å². The van der Waals surface area contributed by atoms with Gasteiger partial charge in [0.05, 0.1) is 21.7 Å². The van der Waals surface area contributed by atoms with Gasteiger partial charge >= 0.3 is 5.97 Å². The van der Waals surface area contributed by atoms with Crippen LogP contribution in [0.4, 0.5) is 0 Å². The van der Waals surface area contributed by atoms with Crippen LogP contribution >= 0.6 is 11.3 Å². The van der Waals surface area contributed by atoms with Crippen LogP contribution in [0.25, 0.3) is 21.3 Å². The summed E-state index contributed by atoms with van der Waals surface area (Å²) in [6, 6.07) is 21.1. The molecule has 1 saturated carbocycles. The minimum absolute atomic E-state index is 0.0269. The van der Waals surface area contributed by atoms with Crippen molar-refractivity contribution in [2.75, 3.05) is 0 Å². The van der Waals surface area contributed by atoms with E-state index in [0.29, 0.717) is 13.0 Å². The van der Waals surface area contributed by atoms with Crippen LogP contribution in [0.2, 0.25) is 0 Å². The third-order valence-corrected chi connectivity index (χ3v) is 8.51. The number of rotatable bonds is 8. The van der Waals surface area contributed by atoms with E-state index in [0.717, 1.165) is 33.5 Å². The molecule has 2 heterocycles. The average Bonchev–Trinajstić information content (AvgIpc) is 3.36. The van der Waals surface area contributed by atoms with Crippen LogP contribution in [0, 0.1) is 18.3 Å². The monoisotopic (exact) mass is 500 g/mol. The highest BCUT2D eigenvalue weighted by Crippen LogP contribution is 2.46. The summed E-state index contributed by atoms with van der Waals surface area (Å²) < 4.78 is 3.29. The van der Waals surface area contributed by atoms with E-state index < -0.39 is 5.97 Å². The lowest BCUT2D eigenvalue weighted by Crippen LogP contribution is -2.50. The molecule has 0 radical (unpaired) electrons. The molecule has 0 bridgehead atoms. The first kappa shape index (κ1) is 24.3. The number of thiophene rings is 1. The van der Waals surface area contributed by atoms with Gasteiger partial charge in [-0.1, -0.05) is 68.4 Å². The Bertz CT molecular complexity index is 1400. The highest BCUT2D eigenvalue weighted by atomic mass is 32.1. The van der Waals surface area contributed by atoms with Crippen molar-refractivity contribution in [1.29, 1.82) is 0 Å². The zero-order valence-corrected chi connectivity index (χ0v) is 21.8. The van der Waals surface area contributed by atoms with E-state index in [4.69, 9.17) is 0 Å². The number of nitrogens with one attached hydrogen (secondary N) is 1. The Morgan fingerprint density at radius 1 is 1.08 bits per heavy atom. The van der Waals surface area contributed by atoms with Crippen molar-refractivity contribution in [2.24, 2.45) is 11.3 Å². The van der Waals surface area contributed by atoms with E-state index in [9.17, 15) is 14.7 Å². The molecule has 2 N–H and O–H groups in total. The second-order valence-corrected chi connectivity index (χ2v) is 11.8. The number of carbonyl (C=O) groups is 2. The van der Waals surface area contributed by atoms with Gasteiger partial charge in [0.1, 0.15) is 0 Å². The third-order valence-electron chi connectivity index (χ3n) is 7.45. The van der Waals surface area contributed by atoms with Crippen molar-refractivity contribution in [1.82, 2.24) is 9.88 Å². The van der Waals surface area contributed by atoms with E-state index in [-0.39, 0.29) is 23.3 Å². The van der Waals surface area contributed by atoms with Gasteiger partial charge in [0.15, 0.2) is 0 Å². The highest BCUT2D eigenvalue weighted by Gasteiger charge is 2.43. The summed E-state index contributed by atoms with van der Waals surface area (Å²) in [5.74, 6) is -1.15. The van der Waals surface area contributed by atoms with Gasteiger partial charge in [0.25, 0.3) is 5.91 Å². The number of amides is 1. The summed E-state index contributed by atoms with van der Waals surface area (Å²) in [4.78, 5) is 25.6. The van der Waals surface area contributed by atoms with Crippen molar-refractivity contribution in [3.63, 3.8) is 0 Å². The predicted molar refractivity (Wildman–Crippen MR) is 146 cm³/mol. The average molecular weight is 501 g/mol. The number of aryl methyl sites for hydroxylation is 1. The number of aromatic nitrogens is 1. The molecule has 2 aromatic carbocycles. The summed E-state index contributed by atoms with van der Waals surface area (Å²) in [6.45, 7) is 6.59. The lowest BCUT2D eigenvalue weighted by Gasteiger charge is -2.46. The fraction of sp³-hybridized carbons (Fsp3) is 0.333. The lowest BCUT2D eigenvalue weighted by molar-refractivity contribution is -0.143. The number of carboxylic acid groups (broad SMARTS) is 1. The van der Waals surface area contributed by atoms with Gasteiger partial charge in [-0.05, 0) is 54.4 Å². The van der Waals surface area contributed by atoms with E-state index in [1.54, 1.807) is 18.3 Å². The first-order chi connectivity index (χ1) is 17.2. The Labute approximate surface area is 215 Å². The minimum atomic E-state index is -0.754. The van der Waals surface area contributed by atoms with Crippen LogP contribution in [0.15, 0.2) is 66.9 Å². The fourth-order valence-corrected chi connectivity index (χ4v) is 6.76. The molecule has 1 aliphatic rings. The molecule has 4 aromatic rings. The minimum Gasteiger partial charge on any atom is -0.481 e. The standard InChI is InChI=1S/C30H32N2O3S/c1-19(29(34)35)15-30(3)16-24(17-30)31-28(33)26-20(2)36-25-13-14-32(27(25)26)18-21-9-11-23(12-10-21)22-7-5-4-6-8-22/h4-14,19,24H,15-18H2,1-3H3,(H,31,33)(H,34,35)/t19-,24-,30+/m0/s1. The Kier molecular flexibility index (Phi) is 6.47. The third kappa shape index (κ3) is 4.82. The first-order valence-corrected chi connectivity index (χ1v) is 13.3. The molecule has 1 atom stereocenters. The van der Waals surface area contributed by atoms with Crippen LogP contribution in [0.1, 0.15) is 53.9 Å². The molecule has 0 spiro atoms. The van der Waals surface area contributed by atoms with Crippen LogP contribution in [-0.4, -0.2) is 27.6 Å². The molecule has 5 rings (SSSR count). The van der Waals surface area contributed by atoms with Crippen molar-refractivity contribution >= 4 is 33.4 Å². The second-order valence-electron chi connectivity index (χ2n) is 10.6. The lowest BCUT2D eigenvalue weighted by atomic mass is 9.63. The smallest absolute Gasteiger partial charge is 0.306 e. The van der Waals surface area contributed by atoms with Crippen LogP contribution in [0.5, 0.6) is 0 Å². The Hall–Kier alpha value is -3.38. The molecule has 36 heavy (non-hydrogen) atoms. The summed E-state index contributed by atoms with van der Waals surface area (Å²) in [6.07, 6.45) is 4.34. The molecule has 186 valence electrons. The Morgan fingerprint density at radius 3 is 2.42 bits per heavy atom. The molecule has 0 unspecified atom stereocenters. The first-order valence-electron chi connectivity index (χ1n) is 12.5. The van der Waals surface area contributed by atoms with Crippen molar-refractivity contribution in [2.45, 2.75) is 52.6 Å². The number of carbonyl (C=O) groups excluding carboxylic acids is 1. The number of fused-ring (bicyclic) bond motifs is 1. The number of nitrogens with zero attached hydrogens (tertiary/aromatic N) is 1. The van der Waals surface area contributed by atoms with Gasteiger partial charge in [-0.2, -0.15) is 0 Å². The topological polar surface area (TPSA) is 71.3 Å². The summed E-state index contributed by atoms with van der Waals surface area (Å²) in [7, 11) is 0.